The van der Waals surface area contributed by atoms with Crippen LogP contribution in [-0.4, -0.2) is 47.0 Å². The number of hydrogen-bond acceptors (Lipinski definition) is 5. The predicted molar refractivity (Wildman–Crippen MR) is 118 cm³/mol. The number of aryl methyl sites for hydroxylation is 1. The number of carbonyl (C=O) groups is 1. The highest BCUT2D eigenvalue weighted by atomic mass is 35.5. The Morgan fingerprint density at radius 1 is 1.14 bits per heavy atom. The van der Waals surface area contributed by atoms with Crippen LogP contribution in [0.25, 0.3) is 0 Å². The van der Waals surface area contributed by atoms with Crippen LogP contribution in [0.3, 0.4) is 0 Å². The number of nitro groups is 1. The second-order valence-electron chi connectivity index (χ2n) is 6.61. The summed E-state index contributed by atoms with van der Waals surface area (Å²) in [5.41, 5.74) is 1.80. The molecular formula is C19H18Cl2N4O3S. The van der Waals surface area contributed by atoms with Crippen LogP contribution < -0.4 is 10.2 Å². The zero-order valence-corrected chi connectivity index (χ0v) is 17.9. The molecule has 7 nitrogen and oxygen atoms in total. The minimum Gasteiger partial charge on any atom is -0.362 e. The van der Waals surface area contributed by atoms with Crippen LogP contribution in [0.15, 0.2) is 36.4 Å². The van der Waals surface area contributed by atoms with E-state index in [-0.39, 0.29) is 11.6 Å². The summed E-state index contributed by atoms with van der Waals surface area (Å²) in [5.74, 6) is -0.365. The lowest BCUT2D eigenvalue weighted by atomic mass is 10.1. The van der Waals surface area contributed by atoms with Crippen molar-refractivity contribution in [2.45, 2.75) is 6.92 Å². The van der Waals surface area contributed by atoms with Crippen LogP contribution in [-0.2, 0) is 0 Å². The first-order valence-corrected chi connectivity index (χ1v) is 9.98. The number of piperazine rings is 1. The number of rotatable bonds is 3. The molecule has 1 aliphatic rings. The van der Waals surface area contributed by atoms with Gasteiger partial charge in [0.2, 0.25) is 0 Å². The topological polar surface area (TPSA) is 78.7 Å². The number of carbonyl (C=O) groups excluding carboxylic acids is 1. The lowest BCUT2D eigenvalue weighted by Gasteiger charge is -2.37. The van der Waals surface area contributed by atoms with Crippen LogP contribution in [0.1, 0.15) is 15.9 Å². The van der Waals surface area contributed by atoms with Gasteiger partial charge in [-0.25, -0.2) is 0 Å². The maximum Gasteiger partial charge on any atom is 0.294 e. The molecule has 1 saturated heterocycles. The van der Waals surface area contributed by atoms with Gasteiger partial charge in [-0.3, -0.25) is 20.2 Å². The van der Waals surface area contributed by atoms with Crippen molar-refractivity contribution >= 4 is 57.8 Å². The van der Waals surface area contributed by atoms with E-state index in [2.05, 4.69) is 5.32 Å². The van der Waals surface area contributed by atoms with Crippen LogP contribution in [0.2, 0.25) is 10.0 Å². The Morgan fingerprint density at radius 2 is 1.83 bits per heavy atom. The molecule has 152 valence electrons. The molecule has 1 amide bonds. The summed E-state index contributed by atoms with van der Waals surface area (Å²) >= 11 is 17.4. The third-order valence-corrected chi connectivity index (χ3v) is 5.54. The molecule has 0 unspecified atom stereocenters. The van der Waals surface area contributed by atoms with Crippen LogP contribution >= 0.6 is 35.4 Å². The van der Waals surface area contributed by atoms with Gasteiger partial charge in [-0.2, -0.15) is 0 Å². The second kappa shape index (κ2) is 8.94. The fourth-order valence-electron chi connectivity index (χ4n) is 3.11. The number of anilines is 1. The predicted octanol–water partition coefficient (Wildman–Crippen LogP) is 4.05. The molecule has 1 heterocycles. The number of amides is 1. The molecule has 0 spiro atoms. The summed E-state index contributed by atoms with van der Waals surface area (Å²) in [4.78, 5) is 27.1. The molecule has 0 bridgehead atoms. The molecule has 1 fully saturated rings. The van der Waals surface area contributed by atoms with E-state index in [1.54, 1.807) is 24.3 Å². The van der Waals surface area contributed by atoms with Crippen LogP contribution in [0, 0.1) is 17.0 Å². The molecule has 29 heavy (non-hydrogen) atoms. The third kappa shape index (κ3) is 4.95. The highest BCUT2D eigenvalue weighted by Gasteiger charge is 2.25. The summed E-state index contributed by atoms with van der Waals surface area (Å²) in [6.45, 7) is 3.96. The number of halogens is 2. The van der Waals surface area contributed by atoms with Crippen molar-refractivity contribution in [2.75, 3.05) is 31.1 Å². The second-order valence-corrected chi connectivity index (χ2v) is 7.84. The van der Waals surface area contributed by atoms with E-state index in [0.29, 0.717) is 52.6 Å². The van der Waals surface area contributed by atoms with Crippen molar-refractivity contribution in [1.29, 1.82) is 0 Å². The zero-order valence-electron chi connectivity index (χ0n) is 15.5. The maximum absolute atomic E-state index is 12.5. The first-order chi connectivity index (χ1) is 13.8. The fraction of sp³-hybridized carbons (Fsp3) is 0.263. The van der Waals surface area contributed by atoms with Gasteiger partial charge >= 0.3 is 0 Å². The number of nitrogens with zero attached hydrogens (tertiary/aromatic N) is 3. The molecule has 10 heteroatoms. The monoisotopic (exact) mass is 452 g/mol. The zero-order chi connectivity index (χ0) is 21.1. The minimum absolute atomic E-state index is 0.0316. The molecular weight excluding hydrogens is 435 g/mol. The Hall–Kier alpha value is -2.42. The Morgan fingerprint density at radius 3 is 2.45 bits per heavy atom. The fourth-order valence-corrected chi connectivity index (χ4v) is 3.87. The molecule has 2 aromatic carbocycles. The van der Waals surface area contributed by atoms with Gasteiger partial charge < -0.3 is 9.80 Å². The molecule has 0 atom stereocenters. The highest BCUT2D eigenvalue weighted by Crippen LogP contribution is 2.31. The van der Waals surface area contributed by atoms with E-state index >= 15 is 0 Å². The van der Waals surface area contributed by atoms with Crippen LogP contribution in [0.4, 0.5) is 11.4 Å². The van der Waals surface area contributed by atoms with E-state index in [1.807, 2.05) is 22.8 Å². The van der Waals surface area contributed by atoms with Gasteiger partial charge in [0, 0.05) is 37.3 Å². The standard InChI is InChI=1S/C19H18Cl2N4O3S/c1-12-2-4-14(15(21)10-12)18(26)22-19(29)24-8-6-23(7-9-24)16-5-3-13(20)11-17(16)25(27)28/h2-5,10-11H,6-9H2,1H3,(H,22,26,29). The lowest BCUT2D eigenvalue weighted by molar-refractivity contribution is -0.384. The van der Waals surface area contributed by atoms with E-state index in [4.69, 9.17) is 35.4 Å². The van der Waals surface area contributed by atoms with Gasteiger partial charge in [-0.1, -0.05) is 29.3 Å². The van der Waals surface area contributed by atoms with E-state index < -0.39 is 4.92 Å². The SMILES string of the molecule is Cc1ccc(C(=O)NC(=S)N2CCN(c3ccc(Cl)cc3[N+](=O)[O-])CC2)c(Cl)c1. The van der Waals surface area contributed by atoms with Gasteiger partial charge in [0.1, 0.15) is 5.69 Å². The van der Waals surface area contributed by atoms with E-state index in [1.165, 1.54) is 6.07 Å². The third-order valence-electron chi connectivity index (χ3n) is 4.63. The van der Waals surface area contributed by atoms with Gasteiger partial charge in [0.25, 0.3) is 11.6 Å². The molecule has 0 radical (unpaired) electrons. The Bertz CT molecular complexity index is 978. The van der Waals surface area contributed by atoms with E-state index in [9.17, 15) is 14.9 Å². The summed E-state index contributed by atoms with van der Waals surface area (Å²) in [6, 6.07) is 9.81. The van der Waals surface area contributed by atoms with Gasteiger partial charge in [0.05, 0.1) is 15.5 Å². The Labute approximate surface area is 183 Å². The average Bonchev–Trinajstić information content (AvgIpc) is 2.67. The van der Waals surface area contributed by atoms with E-state index in [0.717, 1.165) is 5.56 Å². The molecule has 3 rings (SSSR count). The number of benzene rings is 2. The quantitative estimate of drug-likeness (QED) is 0.429. The first kappa shape index (κ1) is 21.3. The number of hydrogen-bond donors (Lipinski definition) is 1. The molecule has 1 N–H and O–H groups in total. The smallest absolute Gasteiger partial charge is 0.294 e. The average molecular weight is 453 g/mol. The number of nitro benzene ring substituents is 1. The highest BCUT2D eigenvalue weighted by molar-refractivity contribution is 7.80. The first-order valence-electron chi connectivity index (χ1n) is 8.81. The normalized spacial score (nSPS) is 13.9. The summed E-state index contributed by atoms with van der Waals surface area (Å²) in [7, 11) is 0. The van der Waals surface area contributed by atoms with Gasteiger partial charge in [-0.05, 0) is 49.0 Å². The van der Waals surface area contributed by atoms with Crippen LogP contribution in [0.5, 0.6) is 0 Å². The van der Waals surface area contributed by atoms with Crippen molar-refractivity contribution in [2.24, 2.45) is 0 Å². The van der Waals surface area contributed by atoms with Gasteiger partial charge in [-0.15, -0.1) is 0 Å². The van der Waals surface area contributed by atoms with Crippen molar-refractivity contribution in [1.82, 2.24) is 10.2 Å². The lowest BCUT2D eigenvalue weighted by Crippen LogP contribution is -2.52. The molecule has 0 aliphatic carbocycles. The van der Waals surface area contributed by atoms with Crippen molar-refractivity contribution in [3.8, 4) is 0 Å². The number of nitrogens with one attached hydrogen (secondary N) is 1. The van der Waals surface area contributed by atoms with Crippen molar-refractivity contribution in [3.05, 3.63) is 67.7 Å². The number of thiocarbonyl (C=S) groups is 1. The summed E-state index contributed by atoms with van der Waals surface area (Å²) in [5, 5.41) is 15.0. The minimum atomic E-state index is -0.441. The molecule has 2 aromatic rings. The maximum atomic E-state index is 12.5. The molecule has 0 saturated carbocycles. The summed E-state index contributed by atoms with van der Waals surface area (Å²) in [6.07, 6.45) is 0. The Balaban J connectivity index is 1.63. The van der Waals surface area contributed by atoms with Crippen molar-refractivity contribution < 1.29 is 9.72 Å². The largest absolute Gasteiger partial charge is 0.362 e. The Kier molecular flexibility index (Phi) is 6.56. The molecule has 0 aromatic heterocycles. The molecule has 1 aliphatic heterocycles. The summed E-state index contributed by atoms with van der Waals surface area (Å²) < 4.78 is 0. The van der Waals surface area contributed by atoms with Crippen molar-refractivity contribution in [3.63, 3.8) is 0 Å². The van der Waals surface area contributed by atoms with Gasteiger partial charge in [0.15, 0.2) is 5.11 Å².